The second-order valence-electron chi connectivity index (χ2n) is 6.06. The van der Waals surface area contributed by atoms with Gasteiger partial charge in [-0.1, -0.05) is 18.2 Å². The molecule has 4 rings (SSSR count). The highest BCUT2D eigenvalue weighted by atomic mass is 32.1. The van der Waals surface area contributed by atoms with Crippen LogP contribution in [0.3, 0.4) is 0 Å². The summed E-state index contributed by atoms with van der Waals surface area (Å²) in [7, 11) is 0. The van der Waals surface area contributed by atoms with Crippen LogP contribution in [0.15, 0.2) is 78.2 Å². The summed E-state index contributed by atoms with van der Waals surface area (Å²) >= 11 is 1.16. The molecule has 0 atom stereocenters. The molecule has 4 aromatic rings. The Balaban J connectivity index is 1.44. The van der Waals surface area contributed by atoms with Gasteiger partial charge >= 0.3 is 0 Å². The van der Waals surface area contributed by atoms with E-state index in [1.54, 1.807) is 29.6 Å². The van der Waals surface area contributed by atoms with Crippen molar-refractivity contribution in [2.24, 2.45) is 0 Å². The highest BCUT2D eigenvalue weighted by molar-refractivity contribution is 7.14. The summed E-state index contributed by atoms with van der Waals surface area (Å²) in [6, 6.07) is 19.3. The topological polar surface area (TPSA) is 51.2 Å². The lowest BCUT2D eigenvalue weighted by Crippen LogP contribution is -2.11. The molecule has 1 aromatic heterocycles. The first-order valence-electron chi connectivity index (χ1n) is 8.64. The average Bonchev–Trinajstić information content (AvgIpc) is 3.17. The van der Waals surface area contributed by atoms with Gasteiger partial charge < -0.3 is 4.74 Å². The summed E-state index contributed by atoms with van der Waals surface area (Å²) in [5.74, 6) is -0.405. The van der Waals surface area contributed by atoms with E-state index in [0.29, 0.717) is 27.9 Å². The number of rotatable bonds is 5. The lowest BCUT2D eigenvalue weighted by atomic mass is 10.1. The predicted molar refractivity (Wildman–Crippen MR) is 108 cm³/mol. The summed E-state index contributed by atoms with van der Waals surface area (Å²) in [4.78, 5) is 16.6. The molecule has 0 aliphatic heterocycles. The highest BCUT2D eigenvalue weighted by Gasteiger charge is 2.13. The molecule has 0 aliphatic rings. The van der Waals surface area contributed by atoms with Gasteiger partial charge in [0.2, 0.25) is 0 Å². The van der Waals surface area contributed by atoms with Crippen LogP contribution in [0.5, 0.6) is 11.5 Å². The maximum absolute atomic E-state index is 13.9. The number of carbonyl (C=O) groups excluding carboxylic acids is 1. The third-order valence-corrected chi connectivity index (χ3v) is 4.78. The number of hydrogen-bond donors (Lipinski definition) is 1. The normalized spacial score (nSPS) is 10.6. The summed E-state index contributed by atoms with van der Waals surface area (Å²) in [5, 5.41) is 4.60. The maximum atomic E-state index is 13.9. The number of benzene rings is 3. The van der Waals surface area contributed by atoms with Crippen molar-refractivity contribution in [2.45, 2.75) is 0 Å². The van der Waals surface area contributed by atoms with Crippen molar-refractivity contribution in [2.75, 3.05) is 5.32 Å². The van der Waals surface area contributed by atoms with E-state index in [9.17, 15) is 13.6 Å². The van der Waals surface area contributed by atoms with E-state index in [-0.39, 0.29) is 11.5 Å². The summed E-state index contributed by atoms with van der Waals surface area (Å²) < 4.78 is 32.6. The molecule has 0 saturated carbocycles. The number of anilines is 1. The Bertz CT molecular complexity index is 1150. The number of hydrogen-bond acceptors (Lipinski definition) is 4. The zero-order chi connectivity index (χ0) is 20.2. The molecule has 0 aliphatic carbocycles. The Kier molecular flexibility index (Phi) is 5.31. The van der Waals surface area contributed by atoms with Crippen LogP contribution in [0.1, 0.15) is 10.4 Å². The zero-order valence-corrected chi connectivity index (χ0v) is 15.7. The van der Waals surface area contributed by atoms with Gasteiger partial charge in [-0.3, -0.25) is 10.1 Å². The van der Waals surface area contributed by atoms with Crippen LogP contribution in [0, 0.1) is 11.6 Å². The van der Waals surface area contributed by atoms with Crippen LogP contribution in [0.4, 0.5) is 13.9 Å². The highest BCUT2D eigenvalue weighted by Crippen LogP contribution is 2.28. The second kappa shape index (κ2) is 8.20. The number of para-hydroxylation sites is 1. The summed E-state index contributed by atoms with van der Waals surface area (Å²) in [6.45, 7) is 0. The molecule has 1 heterocycles. The van der Waals surface area contributed by atoms with Crippen LogP contribution in [0.25, 0.3) is 11.3 Å². The Morgan fingerprint density at radius 3 is 2.38 bits per heavy atom. The van der Waals surface area contributed by atoms with Gasteiger partial charge in [0, 0.05) is 22.6 Å². The fourth-order valence-electron chi connectivity index (χ4n) is 2.62. The van der Waals surface area contributed by atoms with Gasteiger partial charge in [-0.25, -0.2) is 13.8 Å². The zero-order valence-electron chi connectivity index (χ0n) is 14.9. The number of thiazole rings is 1. The van der Waals surface area contributed by atoms with Gasteiger partial charge in [0.25, 0.3) is 5.91 Å². The molecule has 4 nitrogen and oxygen atoms in total. The Labute approximate surface area is 169 Å². The van der Waals surface area contributed by atoms with Gasteiger partial charge in [0.05, 0.1) is 5.69 Å². The molecule has 1 N–H and O–H groups in total. The van der Waals surface area contributed by atoms with E-state index >= 15 is 0 Å². The van der Waals surface area contributed by atoms with Crippen molar-refractivity contribution in [1.29, 1.82) is 0 Å². The molecular formula is C22H14F2N2O2S. The van der Waals surface area contributed by atoms with E-state index in [1.807, 2.05) is 30.3 Å². The van der Waals surface area contributed by atoms with Crippen molar-refractivity contribution >= 4 is 22.4 Å². The van der Waals surface area contributed by atoms with Gasteiger partial charge in [-0.15, -0.1) is 11.3 Å². The largest absolute Gasteiger partial charge is 0.457 e. The monoisotopic (exact) mass is 408 g/mol. The van der Waals surface area contributed by atoms with Gasteiger partial charge in [-0.05, 0) is 48.5 Å². The van der Waals surface area contributed by atoms with Gasteiger partial charge in [0.1, 0.15) is 23.1 Å². The fourth-order valence-corrected chi connectivity index (χ4v) is 3.33. The van der Waals surface area contributed by atoms with E-state index in [1.165, 1.54) is 6.07 Å². The van der Waals surface area contributed by atoms with Crippen molar-refractivity contribution in [3.63, 3.8) is 0 Å². The number of carbonyl (C=O) groups is 1. The number of halogens is 2. The smallest absolute Gasteiger partial charge is 0.257 e. The number of ether oxygens (including phenoxy) is 1. The number of aromatic nitrogens is 1. The van der Waals surface area contributed by atoms with Crippen molar-refractivity contribution < 1.29 is 18.3 Å². The number of amides is 1. The van der Waals surface area contributed by atoms with Crippen molar-refractivity contribution in [1.82, 2.24) is 4.98 Å². The molecule has 0 radical (unpaired) electrons. The van der Waals surface area contributed by atoms with Crippen molar-refractivity contribution in [3.8, 4) is 22.8 Å². The standard InChI is InChI=1S/C22H14F2N2O2S/c23-15-8-11-18(19(24)12-15)20-13-29-22(25-20)26-21(27)14-6-9-17(10-7-14)28-16-4-2-1-3-5-16/h1-13H,(H,25,26,27). The van der Waals surface area contributed by atoms with Crippen LogP contribution in [-0.2, 0) is 0 Å². The molecule has 0 unspecified atom stereocenters. The predicted octanol–water partition coefficient (Wildman–Crippen LogP) is 6.13. The number of nitrogens with zero attached hydrogens (tertiary/aromatic N) is 1. The Morgan fingerprint density at radius 2 is 1.66 bits per heavy atom. The molecule has 7 heteroatoms. The molecule has 144 valence electrons. The minimum Gasteiger partial charge on any atom is -0.457 e. The second-order valence-corrected chi connectivity index (χ2v) is 6.91. The van der Waals surface area contributed by atoms with Crippen molar-refractivity contribution in [3.05, 3.63) is 95.4 Å². The molecule has 0 saturated heterocycles. The first-order valence-corrected chi connectivity index (χ1v) is 9.52. The molecule has 1 amide bonds. The van der Waals surface area contributed by atoms with Gasteiger partial charge in [-0.2, -0.15) is 0 Å². The minimum absolute atomic E-state index is 0.172. The van der Waals surface area contributed by atoms with Gasteiger partial charge in [0.15, 0.2) is 5.13 Å². The molecule has 29 heavy (non-hydrogen) atoms. The third kappa shape index (κ3) is 4.47. The van der Waals surface area contributed by atoms with Crippen LogP contribution in [0.2, 0.25) is 0 Å². The first-order chi connectivity index (χ1) is 14.1. The Morgan fingerprint density at radius 1 is 0.931 bits per heavy atom. The van der Waals surface area contributed by atoms with Crippen LogP contribution < -0.4 is 10.1 Å². The molecule has 0 bridgehead atoms. The van der Waals surface area contributed by atoms with E-state index in [2.05, 4.69) is 10.3 Å². The molecule has 3 aromatic carbocycles. The van der Waals surface area contributed by atoms with E-state index < -0.39 is 11.6 Å². The molecule has 0 spiro atoms. The minimum atomic E-state index is -0.706. The average molecular weight is 408 g/mol. The maximum Gasteiger partial charge on any atom is 0.257 e. The van der Waals surface area contributed by atoms with Crippen LogP contribution in [-0.4, -0.2) is 10.9 Å². The lowest BCUT2D eigenvalue weighted by molar-refractivity contribution is 0.102. The SMILES string of the molecule is O=C(Nc1nc(-c2ccc(F)cc2F)cs1)c1ccc(Oc2ccccc2)cc1. The third-order valence-electron chi connectivity index (χ3n) is 4.03. The van der Waals surface area contributed by atoms with Crippen LogP contribution >= 0.6 is 11.3 Å². The lowest BCUT2D eigenvalue weighted by Gasteiger charge is -2.06. The van der Waals surface area contributed by atoms with E-state index in [4.69, 9.17) is 4.74 Å². The summed E-state index contributed by atoms with van der Waals surface area (Å²) in [5.41, 5.74) is 0.926. The Hall–Kier alpha value is -3.58. The first kappa shape index (κ1) is 18.8. The number of nitrogens with one attached hydrogen (secondary N) is 1. The molecular weight excluding hydrogens is 394 g/mol. The van der Waals surface area contributed by atoms with E-state index in [0.717, 1.165) is 23.5 Å². The quantitative estimate of drug-likeness (QED) is 0.432. The fraction of sp³-hybridized carbons (Fsp3) is 0. The molecule has 0 fully saturated rings. The summed E-state index contributed by atoms with van der Waals surface area (Å²) in [6.07, 6.45) is 0.